The minimum absolute atomic E-state index is 0.240. The van der Waals surface area contributed by atoms with E-state index in [2.05, 4.69) is 57.1 Å². The van der Waals surface area contributed by atoms with Gasteiger partial charge in [0.15, 0.2) is 0 Å². The molecule has 1 N–H and O–H groups in total. The van der Waals surface area contributed by atoms with Gasteiger partial charge in [-0.3, -0.25) is 4.98 Å². The number of aromatic nitrogens is 4. The number of nitrogens with one attached hydrogen (secondary N) is 1. The van der Waals surface area contributed by atoms with E-state index < -0.39 is 30.0 Å². The van der Waals surface area contributed by atoms with Crippen LogP contribution in [0.4, 0.5) is 0 Å². The molecule has 1 unspecified atom stereocenters. The molecule has 0 bridgehead atoms. The first-order valence-electron chi connectivity index (χ1n) is 16.3. The molecule has 5 rings (SSSR count). The average Bonchev–Trinajstić information content (AvgIpc) is 3.79. The number of hydrogen-bond donors (Lipinski definition) is 1. The number of pyridine rings is 1. The summed E-state index contributed by atoms with van der Waals surface area (Å²) in [7, 11) is -1.26. The standard InChI is InChI=1S/C34H49N5O5SSi/c1-33(2,3)45(40)38-29(12-8-7-9-15-34(43-19-20-44-34)32-36-17-18-42-32)31-37-24-30(39(31)25-41-21-22-46(4,5)6)27-13-14-28-26(23-27)11-10-16-35-28/h10-11,13-14,16-18,23-24,29,38H,7-9,12,15,19-22,25H2,1-6H3/t29?,45-/m1/s1. The molecule has 4 heterocycles. The highest BCUT2D eigenvalue weighted by Crippen LogP contribution is 2.36. The normalized spacial score (nSPS) is 16.7. The minimum Gasteiger partial charge on any atom is -0.598 e. The fourth-order valence-electron chi connectivity index (χ4n) is 5.47. The van der Waals surface area contributed by atoms with Crippen LogP contribution >= 0.6 is 0 Å². The molecule has 0 amide bonds. The lowest BCUT2D eigenvalue weighted by Gasteiger charge is -2.28. The molecule has 1 aliphatic heterocycles. The summed E-state index contributed by atoms with van der Waals surface area (Å²) in [5.41, 5.74) is 2.95. The maximum absolute atomic E-state index is 13.5. The first kappa shape index (κ1) is 34.7. The molecule has 0 saturated carbocycles. The lowest BCUT2D eigenvalue weighted by molar-refractivity contribution is -0.187. The molecule has 12 heteroatoms. The fourth-order valence-corrected chi connectivity index (χ4v) is 7.07. The molecule has 0 spiro atoms. The van der Waals surface area contributed by atoms with Crippen LogP contribution in [0.5, 0.6) is 0 Å². The molecule has 46 heavy (non-hydrogen) atoms. The van der Waals surface area contributed by atoms with E-state index in [1.165, 1.54) is 0 Å². The number of unbranched alkanes of at least 4 members (excludes halogenated alkanes) is 2. The first-order chi connectivity index (χ1) is 22.0. The second-order valence-electron chi connectivity index (χ2n) is 14.1. The van der Waals surface area contributed by atoms with Gasteiger partial charge in [-0.15, -0.1) is 4.72 Å². The van der Waals surface area contributed by atoms with Crippen LogP contribution in [0, 0.1) is 0 Å². The molecule has 1 aliphatic rings. The third kappa shape index (κ3) is 8.85. The van der Waals surface area contributed by atoms with Crippen molar-refractivity contribution in [2.24, 2.45) is 0 Å². The van der Waals surface area contributed by atoms with Crippen LogP contribution in [-0.4, -0.2) is 56.7 Å². The molecule has 0 radical (unpaired) electrons. The maximum atomic E-state index is 13.5. The number of hydrogen-bond acceptors (Lipinski definition) is 9. The summed E-state index contributed by atoms with van der Waals surface area (Å²) < 4.78 is 42.4. The predicted octanol–water partition coefficient (Wildman–Crippen LogP) is 7.34. The van der Waals surface area contributed by atoms with Crippen LogP contribution in [0.15, 0.2) is 59.6 Å². The number of fused-ring (bicyclic) bond motifs is 1. The van der Waals surface area contributed by atoms with Gasteiger partial charge in [0.1, 0.15) is 29.6 Å². The summed E-state index contributed by atoms with van der Waals surface area (Å²) in [5, 5.41) is 1.07. The molecule has 10 nitrogen and oxygen atoms in total. The van der Waals surface area contributed by atoms with Gasteiger partial charge in [0.05, 0.1) is 36.8 Å². The van der Waals surface area contributed by atoms with E-state index in [1.54, 1.807) is 12.5 Å². The van der Waals surface area contributed by atoms with Gasteiger partial charge in [0.25, 0.3) is 5.89 Å². The van der Waals surface area contributed by atoms with E-state index in [-0.39, 0.29) is 6.04 Å². The molecule has 2 atom stereocenters. The van der Waals surface area contributed by atoms with Crippen LogP contribution in [0.3, 0.4) is 0 Å². The summed E-state index contributed by atoms with van der Waals surface area (Å²) in [6, 6.07) is 11.1. The second kappa shape index (κ2) is 15.1. The predicted molar refractivity (Wildman–Crippen MR) is 184 cm³/mol. The van der Waals surface area contributed by atoms with Crippen molar-refractivity contribution in [1.29, 1.82) is 0 Å². The van der Waals surface area contributed by atoms with E-state index in [1.807, 2.05) is 45.3 Å². The zero-order chi connectivity index (χ0) is 32.8. The molecular weight excluding hydrogens is 619 g/mol. The van der Waals surface area contributed by atoms with E-state index in [4.69, 9.17) is 23.6 Å². The Morgan fingerprint density at radius 3 is 2.59 bits per heavy atom. The average molecular weight is 668 g/mol. The lowest BCUT2D eigenvalue weighted by Crippen LogP contribution is -2.42. The number of nitrogens with zero attached hydrogens (tertiary/aromatic N) is 4. The largest absolute Gasteiger partial charge is 0.598 e. The van der Waals surface area contributed by atoms with Crippen LogP contribution in [0.1, 0.15) is 70.6 Å². The Balaban J connectivity index is 1.36. The van der Waals surface area contributed by atoms with Crippen LogP contribution in [0.25, 0.3) is 22.2 Å². The van der Waals surface area contributed by atoms with Gasteiger partial charge in [-0.1, -0.05) is 44.6 Å². The van der Waals surface area contributed by atoms with Gasteiger partial charge >= 0.3 is 0 Å². The lowest BCUT2D eigenvalue weighted by atomic mass is 10.0. The summed E-state index contributed by atoms with van der Waals surface area (Å²) in [4.78, 5) is 13.8. The zero-order valence-corrected chi connectivity index (χ0v) is 29.9. The van der Waals surface area contributed by atoms with Crippen molar-refractivity contribution in [2.75, 3.05) is 19.8 Å². The maximum Gasteiger partial charge on any atom is 0.255 e. The van der Waals surface area contributed by atoms with Crippen LogP contribution < -0.4 is 4.72 Å². The quantitative estimate of drug-likeness (QED) is 0.0743. The molecule has 250 valence electrons. The van der Waals surface area contributed by atoms with Crippen LogP contribution in [0.2, 0.25) is 25.7 Å². The van der Waals surface area contributed by atoms with Gasteiger partial charge in [-0.25, -0.2) is 9.97 Å². The van der Waals surface area contributed by atoms with E-state index in [0.717, 1.165) is 59.7 Å². The van der Waals surface area contributed by atoms with E-state index in [9.17, 15) is 4.55 Å². The van der Waals surface area contributed by atoms with Crippen molar-refractivity contribution in [3.05, 3.63) is 66.9 Å². The zero-order valence-electron chi connectivity index (χ0n) is 28.1. The summed E-state index contributed by atoms with van der Waals surface area (Å²) in [6.45, 7) is 15.1. The first-order valence-corrected chi connectivity index (χ1v) is 21.2. The minimum atomic E-state index is -1.29. The molecule has 1 fully saturated rings. The third-order valence-corrected chi connectivity index (χ3v) is 11.4. The Labute approximate surface area is 277 Å². The summed E-state index contributed by atoms with van der Waals surface area (Å²) in [5.74, 6) is 0.381. The number of benzene rings is 1. The van der Waals surface area contributed by atoms with Gasteiger partial charge in [0.2, 0.25) is 5.79 Å². The van der Waals surface area contributed by atoms with Crippen molar-refractivity contribution in [3.63, 3.8) is 0 Å². The SMILES string of the molecule is CC(C)(C)[S@@+]([O-])NC(CCCCCC1(c2ncco2)OCCO1)c1ncc(-c2ccc3ncccc3c2)n1COCC[Si](C)(C)C. The highest BCUT2D eigenvalue weighted by atomic mass is 32.2. The van der Waals surface area contributed by atoms with Gasteiger partial charge in [0, 0.05) is 49.6 Å². The summed E-state index contributed by atoms with van der Waals surface area (Å²) >= 11 is -1.29. The number of imidazole rings is 1. The van der Waals surface area contributed by atoms with Gasteiger partial charge in [-0.2, -0.15) is 0 Å². The van der Waals surface area contributed by atoms with Crippen molar-refractivity contribution in [3.8, 4) is 11.3 Å². The highest BCUT2D eigenvalue weighted by molar-refractivity contribution is 7.90. The highest BCUT2D eigenvalue weighted by Gasteiger charge is 2.42. The third-order valence-electron chi connectivity index (χ3n) is 8.13. The number of oxazole rings is 1. The van der Waals surface area contributed by atoms with Crippen LogP contribution in [-0.2, 0) is 38.1 Å². The Kier molecular flexibility index (Phi) is 11.4. The van der Waals surface area contributed by atoms with E-state index >= 15 is 0 Å². The molecule has 4 aromatic rings. The Morgan fingerprint density at radius 2 is 1.87 bits per heavy atom. The number of rotatable bonds is 16. The monoisotopic (exact) mass is 667 g/mol. The Hall–Kier alpha value is -2.58. The topological polar surface area (TPSA) is 120 Å². The molecule has 0 aliphatic carbocycles. The van der Waals surface area contributed by atoms with Crippen molar-refractivity contribution < 1.29 is 23.2 Å². The second-order valence-corrected chi connectivity index (χ2v) is 21.7. The Bertz CT molecular complexity index is 1530. The van der Waals surface area contributed by atoms with Gasteiger partial charge < -0.3 is 27.7 Å². The number of ether oxygens (including phenoxy) is 3. The van der Waals surface area contributed by atoms with Crippen molar-refractivity contribution >= 4 is 30.3 Å². The molecule has 1 aromatic carbocycles. The van der Waals surface area contributed by atoms with Crippen molar-refractivity contribution in [1.82, 2.24) is 24.2 Å². The molecular formula is C34H49N5O5SSi. The van der Waals surface area contributed by atoms with Gasteiger partial charge in [-0.05, 0) is 57.9 Å². The summed E-state index contributed by atoms with van der Waals surface area (Å²) in [6.07, 6.45) is 11.0. The molecule has 1 saturated heterocycles. The fraction of sp³-hybridized carbons (Fsp3) is 0.559. The molecule has 3 aromatic heterocycles. The Morgan fingerprint density at radius 1 is 1.07 bits per heavy atom. The van der Waals surface area contributed by atoms with Crippen molar-refractivity contribution in [2.45, 2.75) is 102 Å². The van der Waals surface area contributed by atoms with E-state index in [0.29, 0.717) is 38.9 Å². The smallest absolute Gasteiger partial charge is 0.255 e.